The molecule has 0 spiro atoms. The van der Waals surface area contributed by atoms with E-state index in [1.807, 2.05) is 13.8 Å². The van der Waals surface area contributed by atoms with Crippen LogP contribution in [0.2, 0.25) is 0 Å². The van der Waals surface area contributed by atoms with Gasteiger partial charge >= 0.3 is 17.7 Å². The molecule has 40 heavy (non-hydrogen) atoms. The van der Waals surface area contributed by atoms with Gasteiger partial charge in [-0.15, -0.1) is 0 Å². The summed E-state index contributed by atoms with van der Waals surface area (Å²) in [4.78, 5) is 65.1. The number of aromatic carboxylic acids is 1. The number of carboxylic acid groups (broad SMARTS) is 1. The monoisotopic (exact) mass is 547 g/mol. The van der Waals surface area contributed by atoms with E-state index >= 15 is 0 Å². The smallest absolute Gasteiger partial charge is 0.335 e. The number of likely N-dealkylation sites (tertiary alicyclic amines) is 1. The molecule has 1 aliphatic heterocycles. The van der Waals surface area contributed by atoms with Gasteiger partial charge < -0.3 is 20.6 Å². The number of aromatic nitrogens is 2. The lowest BCUT2D eigenvalue weighted by atomic mass is 10.0. The van der Waals surface area contributed by atoms with Crippen LogP contribution < -0.4 is 21.9 Å². The molecular formula is C29H33N5O6. The fourth-order valence-corrected chi connectivity index (χ4v) is 5.22. The fourth-order valence-electron chi connectivity index (χ4n) is 5.22. The van der Waals surface area contributed by atoms with E-state index in [1.54, 1.807) is 33.7 Å². The highest BCUT2D eigenvalue weighted by atomic mass is 16.4. The Morgan fingerprint density at radius 2 is 1.77 bits per heavy atom. The van der Waals surface area contributed by atoms with Crippen molar-refractivity contribution in [2.45, 2.75) is 58.2 Å². The standard InChI is InChI=1S/C29H33N5O6/c1-17(2)34-24-11-10-21(14-23(24)26(36)33(29(34)40)15-18-8-9-18)31-28(39)32-12-4-7-22(16-32)30-25(35)19-5-3-6-20(13-19)27(37)38/h3,5-6,10-11,13-14,17-18,22H,4,7-9,12,15-16H2,1-2H3,(H,30,35)(H,31,39)(H,37,38). The van der Waals surface area contributed by atoms with Crippen LogP contribution in [0.3, 0.4) is 0 Å². The predicted molar refractivity (Wildman–Crippen MR) is 150 cm³/mol. The summed E-state index contributed by atoms with van der Waals surface area (Å²) in [7, 11) is 0. The maximum atomic E-state index is 13.3. The molecule has 0 radical (unpaired) electrons. The minimum absolute atomic E-state index is 0.0253. The normalized spacial score (nSPS) is 17.2. The van der Waals surface area contributed by atoms with Crippen LogP contribution in [0.4, 0.5) is 10.5 Å². The van der Waals surface area contributed by atoms with Gasteiger partial charge in [0.1, 0.15) is 0 Å². The molecular weight excluding hydrogens is 514 g/mol. The number of benzene rings is 2. The van der Waals surface area contributed by atoms with Crippen molar-refractivity contribution in [3.8, 4) is 0 Å². The summed E-state index contributed by atoms with van der Waals surface area (Å²) in [5, 5.41) is 15.3. The molecule has 2 fully saturated rings. The number of hydrogen-bond acceptors (Lipinski definition) is 5. The third kappa shape index (κ3) is 5.63. The zero-order valence-electron chi connectivity index (χ0n) is 22.6. The summed E-state index contributed by atoms with van der Waals surface area (Å²) in [6.07, 6.45) is 3.37. The number of rotatable bonds is 7. The van der Waals surface area contributed by atoms with Gasteiger partial charge in [0, 0.05) is 43.0 Å². The lowest BCUT2D eigenvalue weighted by molar-refractivity contribution is 0.0697. The Hall–Kier alpha value is -4.41. The Morgan fingerprint density at radius 3 is 2.48 bits per heavy atom. The molecule has 1 saturated carbocycles. The van der Waals surface area contributed by atoms with Crippen molar-refractivity contribution < 1.29 is 19.5 Å². The third-order valence-electron chi connectivity index (χ3n) is 7.49. The molecule has 1 saturated heterocycles. The van der Waals surface area contributed by atoms with Gasteiger partial charge in [-0.05, 0) is 81.8 Å². The highest BCUT2D eigenvalue weighted by molar-refractivity contribution is 5.98. The second kappa shape index (κ2) is 11.0. The largest absolute Gasteiger partial charge is 0.478 e. The summed E-state index contributed by atoms with van der Waals surface area (Å²) < 4.78 is 2.93. The van der Waals surface area contributed by atoms with E-state index in [0.717, 1.165) is 12.8 Å². The van der Waals surface area contributed by atoms with Gasteiger partial charge in [-0.1, -0.05) is 6.07 Å². The number of fused-ring (bicyclic) bond motifs is 1. The molecule has 210 valence electrons. The van der Waals surface area contributed by atoms with Gasteiger partial charge in [-0.2, -0.15) is 0 Å². The minimum atomic E-state index is -1.11. The Bertz CT molecular complexity index is 1600. The van der Waals surface area contributed by atoms with Crippen LogP contribution in [0.25, 0.3) is 10.9 Å². The number of hydrogen-bond donors (Lipinski definition) is 3. The van der Waals surface area contributed by atoms with Gasteiger partial charge in [0.15, 0.2) is 0 Å². The van der Waals surface area contributed by atoms with E-state index in [9.17, 15) is 29.1 Å². The van der Waals surface area contributed by atoms with Crippen molar-refractivity contribution in [1.82, 2.24) is 19.4 Å². The number of amides is 3. The first kappa shape index (κ1) is 27.2. The molecule has 2 aliphatic rings. The topological polar surface area (TPSA) is 143 Å². The number of nitrogens with zero attached hydrogens (tertiary/aromatic N) is 3. The summed E-state index contributed by atoms with van der Waals surface area (Å²) in [6, 6.07) is 10.0. The van der Waals surface area contributed by atoms with Crippen LogP contribution in [0.5, 0.6) is 0 Å². The van der Waals surface area contributed by atoms with Crippen molar-refractivity contribution in [3.05, 3.63) is 74.4 Å². The van der Waals surface area contributed by atoms with E-state index in [4.69, 9.17) is 0 Å². The van der Waals surface area contributed by atoms with Crippen LogP contribution in [0.1, 0.15) is 66.3 Å². The van der Waals surface area contributed by atoms with E-state index in [2.05, 4.69) is 10.6 Å². The third-order valence-corrected chi connectivity index (χ3v) is 7.49. The molecule has 0 bridgehead atoms. The van der Waals surface area contributed by atoms with Crippen LogP contribution in [0.15, 0.2) is 52.1 Å². The molecule has 1 unspecified atom stereocenters. The SMILES string of the molecule is CC(C)n1c(=O)n(CC2CC2)c(=O)c2cc(NC(=O)N3CCCC(NC(=O)c4cccc(C(=O)O)c4)C3)ccc21. The van der Waals surface area contributed by atoms with Gasteiger partial charge in [-0.3, -0.25) is 18.7 Å². The number of carbonyl (C=O) groups excluding carboxylic acids is 2. The lowest BCUT2D eigenvalue weighted by Crippen LogP contribution is -2.50. The Labute approximate surface area is 230 Å². The Morgan fingerprint density at radius 1 is 1.02 bits per heavy atom. The first-order chi connectivity index (χ1) is 19.1. The van der Waals surface area contributed by atoms with E-state index in [-0.39, 0.29) is 47.0 Å². The molecule has 1 aromatic heterocycles. The van der Waals surface area contributed by atoms with Gasteiger partial charge in [0.05, 0.1) is 16.5 Å². The first-order valence-corrected chi connectivity index (χ1v) is 13.6. The Balaban J connectivity index is 1.31. The second-order valence-corrected chi connectivity index (χ2v) is 10.9. The highest BCUT2D eigenvalue weighted by Crippen LogP contribution is 2.30. The molecule has 11 nitrogen and oxygen atoms in total. The molecule has 1 aliphatic carbocycles. The number of piperidine rings is 1. The summed E-state index contributed by atoms with van der Waals surface area (Å²) >= 11 is 0. The van der Waals surface area contributed by atoms with Crippen molar-refractivity contribution in [1.29, 1.82) is 0 Å². The molecule has 2 heterocycles. The minimum Gasteiger partial charge on any atom is -0.478 e. The highest BCUT2D eigenvalue weighted by Gasteiger charge is 2.27. The van der Waals surface area contributed by atoms with Gasteiger partial charge in [0.2, 0.25) is 0 Å². The van der Waals surface area contributed by atoms with Crippen molar-refractivity contribution >= 4 is 34.5 Å². The lowest BCUT2D eigenvalue weighted by Gasteiger charge is -2.33. The Kier molecular flexibility index (Phi) is 7.46. The molecule has 1 atom stereocenters. The molecule has 3 amide bonds. The predicted octanol–water partition coefficient (Wildman–Crippen LogP) is 3.28. The zero-order valence-corrected chi connectivity index (χ0v) is 22.6. The average molecular weight is 548 g/mol. The zero-order chi connectivity index (χ0) is 28.6. The van der Waals surface area contributed by atoms with Crippen LogP contribution >= 0.6 is 0 Å². The van der Waals surface area contributed by atoms with E-state index < -0.39 is 11.9 Å². The summed E-state index contributed by atoms with van der Waals surface area (Å²) in [6.45, 7) is 4.98. The number of nitrogens with one attached hydrogen (secondary N) is 2. The quantitative estimate of drug-likeness (QED) is 0.414. The van der Waals surface area contributed by atoms with Crippen LogP contribution in [-0.4, -0.2) is 56.2 Å². The van der Waals surface area contributed by atoms with E-state index in [0.29, 0.717) is 48.4 Å². The average Bonchev–Trinajstić information content (AvgIpc) is 3.76. The van der Waals surface area contributed by atoms with E-state index in [1.165, 1.54) is 22.8 Å². The van der Waals surface area contributed by atoms with Crippen molar-refractivity contribution in [2.24, 2.45) is 5.92 Å². The van der Waals surface area contributed by atoms with Crippen LogP contribution in [0, 0.1) is 5.92 Å². The summed E-state index contributed by atoms with van der Waals surface area (Å²) in [5.74, 6) is -1.17. The first-order valence-electron chi connectivity index (χ1n) is 13.6. The number of carboxylic acids is 1. The molecule has 3 N–H and O–H groups in total. The number of anilines is 1. The van der Waals surface area contributed by atoms with Gasteiger partial charge in [-0.25, -0.2) is 14.4 Å². The molecule has 2 aromatic carbocycles. The number of carbonyl (C=O) groups is 3. The fraction of sp³-hybridized carbons (Fsp3) is 0.414. The van der Waals surface area contributed by atoms with Crippen LogP contribution in [-0.2, 0) is 6.54 Å². The van der Waals surface area contributed by atoms with Crippen molar-refractivity contribution in [3.63, 3.8) is 0 Å². The van der Waals surface area contributed by atoms with Crippen molar-refractivity contribution in [2.75, 3.05) is 18.4 Å². The molecule has 5 rings (SSSR count). The van der Waals surface area contributed by atoms with Gasteiger partial charge in [0.25, 0.3) is 11.5 Å². The summed E-state index contributed by atoms with van der Waals surface area (Å²) in [5.41, 5.74) is 0.572. The molecule has 3 aromatic rings. The second-order valence-electron chi connectivity index (χ2n) is 10.9. The maximum absolute atomic E-state index is 13.3. The molecule has 11 heteroatoms. The number of urea groups is 1. The maximum Gasteiger partial charge on any atom is 0.335 e.